The highest BCUT2D eigenvalue weighted by atomic mass is 79.9. The summed E-state index contributed by atoms with van der Waals surface area (Å²) in [7, 11) is 0. The van der Waals surface area contributed by atoms with Gasteiger partial charge in [0.15, 0.2) is 0 Å². The van der Waals surface area contributed by atoms with Gasteiger partial charge in [-0.1, -0.05) is 22.9 Å². The Bertz CT molecular complexity index is 329. The fraction of sp³-hybridized carbons (Fsp3) is 0.500. The maximum Gasteiger partial charge on any atom is 0.124 e. The van der Waals surface area contributed by atoms with Gasteiger partial charge in [-0.15, -0.1) is 0 Å². The third-order valence-corrected chi connectivity index (χ3v) is 3.22. The van der Waals surface area contributed by atoms with Crippen molar-refractivity contribution in [2.45, 2.75) is 25.8 Å². The highest BCUT2D eigenvalue weighted by Crippen LogP contribution is 2.41. The molecule has 0 heterocycles. The Morgan fingerprint density at radius 3 is 2.73 bits per heavy atom. The van der Waals surface area contributed by atoms with Crippen LogP contribution in [0.25, 0.3) is 0 Å². The van der Waals surface area contributed by atoms with Gasteiger partial charge in [-0.3, -0.25) is 0 Å². The molecule has 1 saturated carbocycles. The molecule has 82 valence electrons. The fourth-order valence-corrected chi connectivity index (χ4v) is 2.44. The third kappa shape index (κ3) is 2.79. The molecule has 2 rings (SSSR count). The molecule has 0 bridgehead atoms. The van der Waals surface area contributed by atoms with Crippen LogP contribution >= 0.6 is 15.9 Å². The minimum Gasteiger partial charge on any atom is -0.310 e. The molecule has 1 aromatic carbocycles. The van der Waals surface area contributed by atoms with E-state index in [9.17, 15) is 4.39 Å². The minimum atomic E-state index is -0.164. The van der Waals surface area contributed by atoms with Gasteiger partial charge in [-0.05, 0) is 49.1 Å². The van der Waals surface area contributed by atoms with Gasteiger partial charge in [0.2, 0.25) is 0 Å². The molecule has 1 N–H and O–H groups in total. The zero-order valence-electron chi connectivity index (χ0n) is 8.76. The van der Waals surface area contributed by atoms with Crippen LogP contribution in [0.5, 0.6) is 0 Å². The molecule has 1 atom stereocenters. The highest BCUT2D eigenvalue weighted by Gasteiger charge is 2.31. The predicted molar refractivity (Wildman–Crippen MR) is 63.2 cm³/mol. The number of hydrogen-bond acceptors (Lipinski definition) is 1. The summed E-state index contributed by atoms with van der Waals surface area (Å²) in [5.41, 5.74) is 1.06. The molecule has 3 heteroatoms. The van der Waals surface area contributed by atoms with E-state index < -0.39 is 0 Å². The molecule has 0 amide bonds. The van der Waals surface area contributed by atoms with Crippen LogP contribution in [0.15, 0.2) is 22.7 Å². The van der Waals surface area contributed by atoms with E-state index in [1.54, 1.807) is 6.07 Å². The van der Waals surface area contributed by atoms with Crippen molar-refractivity contribution in [2.75, 3.05) is 6.54 Å². The monoisotopic (exact) mass is 271 g/mol. The molecule has 1 unspecified atom stereocenters. The van der Waals surface area contributed by atoms with Crippen LogP contribution in [0.4, 0.5) is 4.39 Å². The van der Waals surface area contributed by atoms with Crippen LogP contribution in [-0.2, 0) is 0 Å². The lowest BCUT2D eigenvalue weighted by atomic mass is 10.0. The molecule has 0 radical (unpaired) electrons. The van der Waals surface area contributed by atoms with E-state index in [-0.39, 0.29) is 5.82 Å². The highest BCUT2D eigenvalue weighted by molar-refractivity contribution is 9.10. The number of benzene rings is 1. The smallest absolute Gasteiger partial charge is 0.124 e. The molecule has 0 spiro atoms. The van der Waals surface area contributed by atoms with Crippen molar-refractivity contribution in [3.63, 3.8) is 0 Å². The minimum absolute atomic E-state index is 0.164. The lowest BCUT2D eigenvalue weighted by Gasteiger charge is -2.18. The molecule has 1 aromatic rings. The Kier molecular flexibility index (Phi) is 3.42. The average molecular weight is 272 g/mol. The van der Waals surface area contributed by atoms with Crippen molar-refractivity contribution in [2.24, 2.45) is 5.92 Å². The fourth-order valence-electron chi connectivity index (χ4n) is 1.96. The first-order valence-electron chi connectivity index (χ1n) is 5.40. The zero-order valence-corrected chi connectivity index (χ0v) is 10.3. The summed E-state index contributed by atoms with van der Waals surface area (Å²) in [6.07, 6.45) is 2.51. The summed E-state index contributed by atoms with van der Waals surface area (Å²) in [5.74, 6) is 0.529. The van der Waals surface area contributed by atoms with Gasteiger partial charge in [-0.25, -0.2) is 4.39 Å². The van der Waals surface area contributed by atoms with E-state index in [4.69, 9.17) is 0 Å². The van der Waals surface area contributed by atoms with E-state index >= 15 is 0 Å². The summed E-state index contributed by atoms with van der Waals surface area (Å²) in [6, 6.07) is 5.46. The molecular weight excluding hydrogens is 257 g/mol. The second kappa shape index (κ2) is 4.62. The Morgan fingerprint density at radius 2 is 2.20 bits per heavy atom. The molecule has 0 aliphatic heterocycles. The first-order chi connectivity index (χ1) is 7.20. The Hall–Kier alpha value is -0.410. The van der Waals surface area contributed by atoms with Gasteiger partial charge < -0.3 is 5.32 Å². The van der Waals surface area contributed by atoms with Crippen LogP contribution in [0.2, 0.25) is 0 Å². The first kappa shape index (κ1) is 11.1. The SMILES string of the molecule is CCNC(c1cc(F)cc(Br)c1)C1CC1. The molecule has 0 aromatic heterocycles. The first-order valence-corrected chi connectivity index (χ1v) is 6.19. The standard InChI is InChI=1S/C12H15BrFN/c1-2-15-12(8-3-4-8)9-5-10(13)7-11(14)6-9/h5-8,12,15H,2-4H2,1H3. The van der Waals surface area contributed by atoms with E-state index in [0.717, 1.165) is 16.6 Å². The van der Waals surface area contributed by atoms with E-state index in [2.05, 4.69) is 28.2 Å². The Morgan fingerprint density at radius 1 is 1.47 bits per heavy atom. The van der Waals surface area contributed by atoms with Crippen molar-refractivity contribution in [1.82, 2.24) is 5.32 Å². The number of hydrogen-bond donors (Lipinski definition) is 1. The van der Waals surface area contributed by atoms with Gasteiger partial charge >= 0.3 is 0 Å². The second-order valence-corrected chi connectivity index (χ2v) is 4.99. The largest absolute Gasteiger partial charge is 0.310 e. The molecule has 1 fully saturated rings. The number of nitrogens with one attached hydrogen (secondary N) is 1. The quantitative estimate of drug-likeness (QED) is 0.882. The van der Waals surface area contributed by atoms with Crippen LogP contribution < -0.4 is 5.32 Å². The van der Waals surface area contributed by atoms with Gasteiger partial charge in [0.1, 0.15) is 5.82 Å². The zero-order chi connectivity index (χ0) is 10.8. The summed E-state index contributed by atoms with van der Waals surface area (Å²) in [5, 5.41) is 3.43. The Labute approximate surface area is 98.2 Å². The van der Waals surface area contributed by atoms with Crippen LogP contribution in [-0.4, -0.2) is 6.54 Å². The predicted octanol–water partition coefficient (Wildman–Crippen LogP) is 3.65. The maximum absolute atomic E-state index is 13.3. The number of halogens is 2. The van der Waals surface area contributed by atoms with E-state index in [1.165, 1.54) is 18.9 Å². The Balaban J connectivity index is 2.24. The van der Waals surface area contributed by atoms with E-state index in [0.29, 0.717) is 12.0 Å². The van der Waals surface area contributed by atoms with Crippen molar-refractivity contribution < 1.29 is 4.39 Å². The topological polar surface area (TPSA) is 12.0 Å². The molecule has 0 saturated heterocycles. The molecule has 1 aliphatic carbocycles. The van der Waals surface area contributed by atoms with Crippen molar-refractivity contribution in [3.8, 4) is 0 Å². The third-order valence-electron chi connectivity index (χ3n) is 2.76. The second-order valence-electron chi connectivity index (χ2n) is 4.08. The average Bonchev–Trinajstić information content (AvgIpc) is 2.95. The summed E-state index contributed by atoms with van der Waals surface area (Å²) >= 11 is 3.33. The van der Waals surface area contributed by atoms with E-state index in [1.807, 2.05) is 6.07 Å². The molecular formula is C12H15BrFN. The summed E-state index contributed by atoms with van der Waals surface area (Å²) < 4.78 is 14.1. The van der Waals surface area contributed by atoms with Gasteiger partial charge in [-0.2, -0.15) is 0 Å². The molecule has 1 nitrogen and oxygen atoms in total. The molecule has 1 aliphatic rings. The van der Waals surface area contributed by atoms with Crippen LogP contribution in [0, 0.1) is 11.7 Å². The van der Waals surface area contributed by atoms with Crippen LogP contribution in [0.3, 0.4) is 0 Å². The summed E-state index contributed by atoms with van der Waals surface area (Å²) in [6.45, 7) is 3.01. The van der Waals surface area contributed by atoms with Gasteiger partial charge in [0.05, 0.1) is 0 Å². The lowest BCUT2D eigenvalue weighted by molar-refractivity contribution is 0.492. The lowest BCUT2D eigenvalue weighted by Crippen LogP contribution is -2.22. The van der Waals surface area contributed by atoms with Gasteiger partial charge in [0.25, 0.3) is 0 Å². The maximum atomic E-state index is 13.3. The molecule has 15 heavy (non-hydrogen) atoms. The summed E-state index contributed by atoms with van der Waals surface area (Å²) in [4.78, 5) is 0. The normalized spacial score (nSPS) is 17.8. The van der Waals surface area contributed by atoms with Crippen molar-refractivity contribution >= 4 is 15.9 Å². The van der Waals surface area contributed by atoms with Crippen molar-refractivity contribution in [3.05, 3.63) is 34.1 Å². The van der Waals surface area contributed by atoms with Crippen molar-refractivity contribution in [1.29, 1.82) is 0 Å². The van der Waals surface area contributed by atoms with Gasteiger partial charge in [0, 0.05) is 10.5 Å². The van der Waals surface area contributed by atoms with Crippen LogP contribution in [0.1, 0.15) is 31.4 Å². The number of rotatable bonds is 4.